The highest BCUT2D eigenvalue weighted by Crippen LogP contribution is 2.21. The number of ether oxygens (including phenoxy) is 1. The van der Waals surface area contributed by atoms with Gasteiger partial charge in [-0.15, -0.1) is 0 Å². The molecule has 0 spiro atoms. The van der Waals surface area contributed by atoms with Gasteiger partial charge in [0.1, 0.15) is 5.65 Å². The Balaban J connectivity index is 1.59. The van der Waals surface area contributed by atoms with Crippen molar-refractivity contribution in [3.8, 4) is 0 Å². The molecule has 2 amide bonds. The molecule has 0 atom stereocenters. The second-order valence-corrected chi connectivity index (χ2v) is 7.16. The number of pyridine rings is 1. The van der Waals surface area contributed by atoms with Crippen LogP contribution in [0, 0.1) is 6.92 Å². The fourth-order valence-corrected chi connectivity index (χ4v) is 3.21. The van der Waals surface area contributed by atoms with Crippen LogP contribution in [-0.4, -0.2) is 35.8 Å². The second kappa shape index (κ2) is 9.01. The second-order valence-electron chi connectivity index (χ2n) is 6.31. The lowest BCUT2D eigenvalue weighted by molar-refractivity contribution is 0.188. The van der Waals surface area contributed by atoms with Gasteiger partial charge in [0.15, 0.2) is 0 Å². The molecule has 0 bridgehead atoms. The Hall–Kier alpha value is -2.38. The molecule has 1 aromatic carbocycles. The van der Waals surface area contributed by atoms with Crippen molar-refractivity contribution in [2.24, 2.45) is 0 Å². The van der Waals surface area contributed by atoms with E-state index in [1.807, 2.05) is 31.2 Å². The smallest absolute Gasteiger partial charge is 0.319 e. The number of aromatic nitrogens is 2. The first-order valence-electron chi connectivity index (χ1n) is 8.81. The molecule has 0 fully saturated rings. The van der Waals surface area contributed by atoms with Gasteiger partial charge in [-0.3, -0.25) is 0 Å². The number of hydrogen-bond donors (Lipinski definition) is 2. The van der Waals surface area contributed by atoms with Crippen molar-refractivity contribution in [3.05, 3.63) is 58.3 Å². The van der Waals surface area contributed by atoms with Crippen LogP contribution in [0.2, 0.25) is 0 Å². The maximum Gasteiger partial charge on any atom is 0.319 e. The summed E-state index contributed by atoms with van der Waals surface area (Å²) in [5.41, 5.74) is 3.95. The standard InChI is InChI=1S/C20H23BrN4O2/c1-14-12-16(5-6-18(14)21)24-20(26)23-9-7-15-13-25(10-11-27-2)19-17(15)4-3-8-22-19/h3-6,8,12-13H,7,9-11H2,1-2H3,(H2,23,24,26). The molecule has 0 aliphatic carbocycles. The summed E-state index contributed by atoms with van der Waals surface area (Å²) in [4.78, 5) is 16.6. The van der Waals surface area contributed by atoms with Crippen LogP contribution in [-0.2, 0) is 17.7 Å². The molecular formula is C20H23BrN4O2. The number of aryl methyl sites for hydroxylation is 1. The maximum absolute atomic E-state index is 12.1. The van der Waals surface area contributed by atoms with Gasteiger partial charge in [0.2, 0.25) is 0 Å². The van der Waals surface area contributed by atoms with Gasteiger partial charge in [-0.2, -0.15) is 0 Å². The summed E-state index contributed by atoms with van der Waals surface area (Å²) >= 11 is 3.46. The zero-order valence-electron chi connectivity index (χ0n) is 15.5. The van der Waals surface area contributed by atoms with E-state index in [9.17, 15) is 4.79 Å². The number of carbonyl (C=O) groups excluding carboxylic acids is 1. The minimum atomic E-state index is -0.210. The summed E-state index contributed by atoms with van der Waals surface area (Å²) in [6, 6.07) is 9.50. The number of rotatable bonds is 7. The number of carbonyl (C=O) groups is 1. The van der Waals surface area contributed by atoms with Crippen molar-refractivity contribution < 1.29 is 9.53 Å². The Kier molecular flexibility index (Phi) is 6.47. The SMILES string of the molecule is COCCn1cc(CCNC(=O)Nc2ccc(Br)c(C)c2)c2cccnc21. The number of halogens is 1. The average molecular weight is 431 g/mol. The molecule has 3 aromatic rings. The van der Waals surface area contributed by atoms with E-state index in [-0.39, 0.29) is 6.03 Å². The first-order valence-corrected chi connectivity index (χ1v) is 9.60. The highest BCUT2D eigenvalue weighted by atomic mass is 79.9. The van der Waals surface area contributed by atoms with E-state index in [1.54, 1.807) is 13.3 Å². The minimum Gasteiger partial charge on any atom is -0.383 e. The Bertz CT molecular complexity index is 939. The molecule has 7 heteroatoms. The third-order valence-electron chi connectivity index (χ3n) is 4.35. The van der Waals surface area contributed by atoms with Gasteiger partial charge in [-0.1, -0.05) is 15.9 Å². The lowest BCUT2D eigenvalue weighted by Crippen LogP contribution is -2.30. The van der Waals surface area contributed by atoms with Crippen LogP contribution >= 0.6 is 15.9 Å². The van der Waals surface area contributed by atoms with Gasteiger partial charge in [0.05, 0.1) is 6.61 Å². The molecule has 3 rings (SSSR count). The number of urea groups is 1. The van der Waals surface area contributed by atoms with E-state index >= 15 is 0 Å². The summed E-state index contributed by atoms with van der Waals surface area (Å²) in [5.74, 6) is 0. The summed E-state index contributed by atoms with van der Waals surface area (Å²) in [6.45, 7) is 3.91. The lowest BCUT2D eigenvalue weighted by Gasteiger charge is -2.08. The largest absolute Gasteiger partial charge is 0.383 e. The van der Waals surface area contributed by atoms with Crippen LogP contribution in [0.4, 0.5) is 10.5 Å². The van der Waals surface area contributed by atoms with Gasteiger partial charge in [-0.05, 0) is 54.8 Å². The van der Waals surface area contributed by atoms with Crippen LogP contribution in [0.15, 0.2) is 47.2 Å². The Morgan fingerprint density at radius 2 is 2.19 bits per heavy atom. The van der Waals surface area contributed by atoms with Crippen LogP contribution in [0.1, 0.15) is 11.1 Å². The molecule has 2 N–H and O–H groups in total. The summed E-state index contributed by atoms with van der Waals surface area (Å²) in [5, 5.41) is 6.89. The van der Waals surface area contributed by atoms with Crippen molar-refractivity contribution in [1.82, 2.24) is 14.9 Å². The number of benzene rings is 1. The highest BCUT2D eigenvalue weighted by molar-refractivity contribution is 9.10. The average Bonchev–Trinajstić information content (AvgIpc) is 3.01. The molecule has 0 radical (unpaired) electrons. The van der Waals surface area contributed by atoms with Crippen molar-refractivity contribution in [2.45, 2.75) is 19.9 Å². The molecule has 2 aromatic heterocycles. The molecule has 27 heavy (non-hydrogen) atoms. The van der Waals surface area contributed by atoms with E-state index in [1.165, 1.54) is 0 Å². The molecule has 142 valence electrons. The summed E-state index contributed by atoms with van der Waals surface area (Å²) in [6.07, 6.45) is 4.62. The van der Waals surface area contributed by atoms with Crippen LogP contribution < -0.4 is 10.6 Å². The number of nitrogens with one attached hydrogen (secondary N) is 2. The Labute approximate surface area is 167 Å². The molecular weight excluding hydrogens is 408 g/mol. The quantitative estimate of drug-likeness (QED) is 0.592. The predicted octanol–water partition coefficient (Wildman–Crippen LogP) is 4.12. The summed E-state index contributed by atoms with van der Waals surface area (Å²) in [7, 11) is 1.69. The summed E-state index contributed by atoms with van der Waals surface area (Å²) < 4.78 is 8.29. The number of fused-ring (bicyclic) bond motifs is 1. The molecule has 0 saturated heterocycles. The molecule has 0 saturated carbocycles. The maximum atomic E-state index is 12.1. The fraction of sp³-hybridized carbons (Fsp3) is 0.300. The van der Waals surface area contributed by atoms with Crippen molar-refractivity contribution >= 4 is 38.7 Å². The van der Waals surface area contributed by atoms with E-state index in [2.05, 4.69) is 48.4 Å². The van der Waals surface area contributed by atoms with Crippen molar-refractivity contribution in [2.75, 3.05) is 25.6 Å². The monoisotopic (exact) mass is 430 g/mol. The van der Waals surface area contributed by atoms with Crippen molar-refractivity contribution in [3.63, 3.8) is 0 Å². The molecule has 0 aliphatic rings. The Morgan fingerprint density at radius 1 is 1.33 bits per heavy atom. The topological polar surface area (TPSA) is 68.2 Å². The lowest BCUT2D eigenvalue weighted by atomic mass is 10.1. The highest BCUT2D eigenvalue weighted by Gasteiger charge is 2.10. The third-order valence-corrected chi connectivity index (χ3v) is 5.24. The molecule has 2 heterocycles. The minimum absolute atomic E-state index is 0.210. The van der Waals surface area contributed by atoms with E-state index in [4.69, 9.17) is 4.74 Å². The van der Waals surface area contributed by atoms with Crippen LogP contribution in [0.5, 0.6) is 0 Å². The third kappa shape index (κ3) is 4.87. The van der Waals surface area contributed by atoms with Gasteiger partial charge in [0.25, 0.3) is 0 Å². The van der Waals surface area contributed by atoms with Crippen LogP contribution in [0.3, 0.4) is 0 Å². The number of methoxy groups -OCH3 is 1. The first kappa shape index (κ1) is 19.4. The number of anilines is 1. The zero-order chi connectivity index (χ0) is 19.2. The Morgan fingerprint density at radius 3 is 2.96 bits per heavy atom. The number of amides is 2. The van der Waals surface area contributed by atoms with Crippen molar-refractivity contribution in [1.29, 1.82) is 0 Å². The van der Waals surface area contributed by atoms with Gasteiger partial charge < -0.3 is 19.9 Å². The van der Waals surface area contributed by atoms with E-state index in [0.717, 1.165) is 45.3 Å². The first-order chi connectivity index (χ1) is 13.1. The number of nitrogens with zero attached hydrogens (tertiary/aromatic N) is 2. The van der Waals surface area contributed by atoms with E-state index < -0.39 is 0 Å². The molecule has 0 aliphatic heterocycles. The molecule has 0 unspecified atom stereocenters. The van der Waals surface area contributed by atoms with Gasteiger partial charge in [0, 0.05) is 48.1 Å². The van der Waals surface area contributed by atoms with Gasteiger partial charge in [-0.25, -0.2) is 9.78 Å². The van der Waals surface area contributed by atoms with E-state index in [0.29, 0.717) is 13.2 Å². The van der Waals surface area contributed by atoms with Crippen LogP contribution in [0.25, 0.3) is 11.0 Å². The molecule has 6 nitrogen and oxygen atoms in total. The zero-order valence-corrected chi connectivity index (χ0v) is 17.0. The fourth-order valence-electron chi connectivity index (χ4n) is 2.96. The normalized spacial score (nSPS) is 10.9. The number of hydrogen-bond acceptors (Lipinski definition) is 3. The van der Waals surface area contributed by atoms with Gasteiger partial charge >= 0.3 is 6.03 Å². The predicted molar refractivity (Wildman–Crippen MR) is 111 cm³/mol.